The fourth-order valence-corrected chi connectivity index (χ4v) is 4.34. The van der Waals surface area contributed by atoms with Crippen LogP contribution in [0.2, 0.25) is 0 Å². The van der Waals surface area contributed by atoms with Crippen LogP contribution in [0.1, 0.15) is 23.4 Å². The van der Waals surface area contributed by atoms with Gasteiger partial charge in [0.15, 0.2) is 0 Å². The Morgan fingerprint density at radius 2 is 1.95 bits per heavy atom. The second kappa shape index (κ2) is 6.13. The number of carbonyl (C=O) groups excluding carboxylic acids is 1. The zero-order chi connectivity index (χ0) is 14.8. The summed E-state index contributed by atoms with van der Waals surface area (Å²) in [7, 11) is 0. The number of nitrogens with zero attached hydrogens (tertiary/aromatic N) is 1. The van der Waals surface area contributed by atoms with Crippen LogP contribution in [0.25, 0.3) is 6.08 Å². The first-order chi connectivity index (χ1) is 10.2. The van der Waals surface area contributed by atoms with Crippen molar-refractivity contribution in [1.29, 1.82) is 0 Å². The average Bonchev–Trinajstić information content (AvgIpc) is 3.09. The molecule has 3 rings (SSSR count). The third kappa shape index (κ3) is 2.95. The van der Waals surface area contributed by atoms with E-state index in [1.54, 1.807) is 16.2 Å². The quantitative estimate of drug-likeness (QED) is 0.600. The van der Waals surface area contributed by atoms with Crippen LogP contribution in [0.15, 0.2) is 52.7 Å². The minimum absolute atomic E-state index is 0.00486. The average molecular weight is 331 g/mol. The van der Waals surface area contributed by atoms with Gasteiger partial charge in [-0.3, -0.25) is 9.69 Å². The summed E-state index contributed by atoms with van der Waals surface area (Å²) >= 11 is 8.39. The normalized spacial score (nSPS) is 18.5. The van der Waals surface area contributed by atoms with E-state index in [2.05, 4.69) is 0 Å². The van der Waals surface area contributed by atoms with E-state index in [1.807, 2.05) is 60.8 Å². The van der Waals surface area contributed by atoms with Crippen LogP contribution in [0.3, 0.4) is 0 Å². The predicted octanol–water partition coefficient (Wildman–Crippen LogP) is 4.71. The van der Waals surface area contributed by atoms with E-state index >= 15 is 0 Å². The monoisotopic (exact) mass is 331 g/mol. The lowest BCUT2D eigenvalue weighted by atomic mass is 10.1. The molecule has 1 aliphatic rings. The van der Waals surface area contributed by atoms with Crippen LogP contribution in [0, 0.1) is 0 Å². The minimum atomic E-state index is -0.0482. The lowest BCUT2D eigenvalue weighted by Gasteiger charge is -2.23. The molecule has 0 spiro atoms. The highest BCUT2D eigenvalue weighted by Gasteiger charge is 2.35. The van der Waals surface area contributed by atoms with Gasteiger partial charge in [-0.05, 0) is 30.0 Å². The summed E-state index contributed by atoms with van der Waals surface area (Å²) in [4.78, 5) is 16.1. The summed E-state index contributed by atoms with van der Waals surface area (Å²) in [6, 6.07) is 13.9. The van der Waals surface area contributed by atoms with Gasteiger partial charge in [0.25, 0.3) is 5.91 Å². The third-order valence-corrected chi connectivity index (χ3v) is 5.46. The SMILES string of the molecule is C[C@H](c1ccccc1)N1C(=O)/C(=C\c2cccs2)SC1=S. The molecule has 1 aromatic heterocycles. The fraction of sp³-hybridized carbons (Fsp3) is 0.125. The molecule has 21 heavy (non-hydrogen) atoms. The smallest absolute Gasteiger partial charge is 0.266 e. The third-order valence-electron chi connectivity index (χ3n) is 3.31. The molecule has 1 amide bonds. The molecule has 0 bridgehead atoms. The lowest BCUT2D eigenvalue weighted by Crippen LogP contribution is -2.30. The molecule has 2 nitrogen and oxygen atoms in total. The van der Waals surface area contributed by atoms with Gasteiger partial charge < -0.3 is 0 Å². The number of thioether (sulfide) groups is 1. The molecule has 5 heteroatoms. The number of thiophene rings is 1. The first kappa shape index (κ1) is 14.5. The Balaban J connectivity index is 1.88. The summed E-state index contributed by atoms with van der Waals surface area (Å²) in [5.74, 6) is -0.00486. The molecule has 0 aliphatic carbocycles. The van der Waals surface area contributed by atoms with Gasteiger partial charge >= 0.3 is 0 Å². The molecule has 0 saturated carbocycles. The van der Waals surface area contributed by atoms with Crippen molar-refractivity contribution in [2.24, 2.45) is 0 Å². The lowest BCUT2D eigenvalue weighted by molar-refractivity contribution is -0.123. The van der Waals surface area contributed by atoms with E-state index in [-0.39, 0.29) is 11.9 Å². The van der Waals surface area contributed by atoms with Crippen molar-refractivity contribution in [1.82, 2.24) is 4.90 Å². The molecule has 1 aliphatic heterocycles. The predicted molar refractivity (Wildman–Crippen MR) is 94.2 cm³/mol. The largest absolute Gasteiger partial charge is 0.286 e. The van der Waals surface area contributed by atoms with Crippen molar-refractivity contribution in [3.05, 3.63) is 63.2 Å². The van der Waals surface area contributed by atoms with Crippen LogP contribution in [-0.4, -0.2) is 15.1 Å². The first-order valence-electron chi connectivity index (χ1n) is 6.52. The second-order valence-electron chi connectivity index (χ2n) is 4.65. The second-order valence-corrected chi connectivity index (χ2v) is 7.31. The number of hydrogen-bond donors (Lipinski definition) is 0. The number of thiocarbonyl (C=S) groups is 1. The molecule has 0 N–H and O–H groups in total. The van der Waals surface area contributed by atoms with Gasteiger partial charge in [-0.25, -0.2) is 0 Å². The van der Waals surface area contributed by atoms with Crippen LogP contribution >= 0.6 is 35.3 Å². The highest BCUT2D eigenvalue weighted by molar-refractivity contribution is 8.26. The van der Waals surface area contributed by atoms with Gasteiger partial charge in [0, 0.05) is 4.88 Å². The Kier molecular flexibility index (Phi) is 4.24. The molecule has 2 heterocycles. The van der Waals surface area contributed by atoms with E-state index in [4.69, 9.17) is 12.2 Å². The molecular weight excluding hydrogens is 318 g/mol. The molecule has 1 saturated heterocycles. The molecule has 0 unspecified atom stereocenters. The molecule has 0 radical (unpaired) electrons. The summed E-state index contributed by atoms with van der Waals surface area (Å²) in [5.41, 5.74) is 1.09. The zero-order valence-corrected chi connectivity index (χ0v) is 13.8. The molecule has 106 valence electrons. The van der Waals surface area contributed by atoms with Crippen molar-refractivity contribution in [2.75, 3.05) is 0 Å². The molecular formula is C16H13NOS3. The minimum Gasteiger partial charge on any atom is -0.286 e. The van der Waals surface area contributed by atoms with Gasteiger partial charge in [0.2, 0.25) is 0 Å². The number of benzene rings is 1. The summed E-state index contributed by atoms with van der Waals surface area (Å²) in [6.07, 6.45) is 1.92. The Morgan fingerprint density at radius 3 is 2.62 bits per heavy atom. The van der Waals surface area contributed by atoms with E-state index < -0.39 is 0 Å². The van der Waals surface area contributed by atoms with E-state index in [9.17, 15) is 4.79 Å². The maximum Gasteiger partial charge on any atom is 0.266 e. The summed E-state index contributed by atoms with van der Waals surface area (Å²) in [5, 5.41) is 2.00. The van der Waals surface area contributed by atoms with E-state index in [1.165, 1.54) is 11.8 Å². The van der Waals surface area contributed by atoms with Gasteiger partial charge in [-0.15, -0.1) is 11.3 Å². The number of hydrogen-bond acceptors (Lipinski definition) is 4. The van der Waals surface area contributed by atoms with Crippen LogP contribution in [-0.2, 0) is 4.79 Å². The standard InChI is InChI=1S/C16H13NOS3/c1-11(12-6-3-2-4-7-12)17-15(18)14(21-16(17)19)10-13-8-5-9-20-13/h2-11H,1H3/b14-10+/t11-/m1/s1. The number of amides is 1. The fourth-order valence-electron chi connectivity index (χ4n) is 2.20. The Morgan fingerprint density at radius 1 is 1.19 bits per heavy atom. The van der Waals surface area contributed by atoms with E-state index in [0.29, 0.717) is 9.23 Å². The van der Waals surface area contributed by atoms with Crippen LogP contribution < -0.4 is 0 Å². The van der Waals surface area contributed by atoms with Crippen LogP contribution in [0.5, 0.6) is 0 Å². The summed E-state index contributed by atoms with van der Waals surface area (Å²) < 4.78 is 0.624. The highest BCUT2D eigenvalue weighted by atomic mass is 32.2. The molecule has 1 fully saturated rings. The van der Waals surface area contributed by atoms with Crippen molar-refractivity contribution in [3.63, 3.8) is 0 Å². The zero-order valence-electron chi connectivity index (χ0n) is 11.4. The highest BCUT2D eigenvalue weighted by Crippen LogP contribution is 2.38. The van der Waals surface area contributed by atoms with Crippen molar-refractivity contribution in [3.8, 4) is 0 Å². The first-order valence-corrected chi connectivity index (χ1v) is 8.63. The number of carbonyl (C=O) groups is 1. The van der Waals surface area contributed by atoms with E-state index in [0.717, 1.165) is 10.4 Å². The number of rotatable bonds is 3. The Labute approximate surface area is 137 Å². The van der Waals surface area contributed by atoms with Crippen molar-refractivity contribution in [2.45, 2.75) is 13.0 Å². The van der Waals surface area contributed by atoms with Gasteiger partial charge in [-0.2, -0.15) is 0 Å². The Bertz CT molecular complexity index is 692. The van der Waals surface area contributed by atoms with Crippen LogP contribution in [0.4, 0.5) is 0 Å². The van der Waals surface area contributed by atoms with Crippen molar-refractivity contribution >= 4 is 51.6 Å². The topological polar surface area (TPSA) is 20.3 Å². The molecule has 2 aromatic rings. The molecule has 1 aromatic carbocycles. The van der Waals surface area contributed by atoms with Gasteiger partial charge in [-0.1, -0.05) is 60.4 Å². The van der Waals surface area contributed by atoms with Gasteiger partial charge in [0.05, 0.1) is 10.9 Å². The maximum absolute atomic E-state index is 12.6. The summed E-state index contributed by atoms with van der Waals surface area (Å²) in [6.45, 7) is 2.01. The maximum atomic E-state index is 12.6. The molecule has 1 atom stereocenters. The Hall–Kier alpha value is -1.43. The van der Waals surface area contributed by atoms with Crippen molar-refractivity contribution < 1.29 is 4.79 Å². The van der Waals surface area contributed by atoms with Gasteiger partial charge in [0.1, 0.15) is 4.32 Å².